The highest BCUT2D eigenvalue weighted by Gasteiger charge is 2.44. The van der Waals surface area contributed by atoms with E-state index in [2.05, 4.69) is 27.2 Å². The van der Waals surface area contributed by atoms with Gasteiger partial charge in [0.25, 0.3) is 0 Å². The molecule has 0 amide bonds. The molecule has 0 spiro atoms. The molecule has 2 aliphatic heterocycles. The first-order valence-corrected chi connectivity index (χ1v) is 9.46. The Labute approximate surface area is 146 Å². The second-order valence-electron chi connectivity index (χ2n) is 6.50. The second-order valence-corrected chi connectivity index (χ2v) is 7.57. The molecule has 0 aliphatic carbocycles. The van der Waals surface area contributed by atoms with Crippen LogP contribution in [-0.4, -0.2) is 46.3 Å². The van der Waals surface area contributed by atoms with E-state index in [1.54, 1.807) is 11.3 Å². The van der Waals surface area contributed by atoms with Crippen molar-refractivity contribution in [3.63, 3.8) is 0 Å². The van der Waals surface area contributed by atoms with Gasteiger partial charge in [-0.2, -0.15) is 0 Å². The van der Waals surface area contributed by atoms with Crippen LogP contribution < -0.4 is 0 Å². The number of likely N-dealkylation sites (tertiary alicyclic amines) is 1. The summed E-state index contributed by atoms with van der Waals surface area (Å²) in [5, 5.41) is 3.29. The lowest BCUT2D eigenvalue weighted by atomic mass is 10.0. The van der Waals surface area contributed by atoms with Crippen LogP contribution in [0.3, 0.4) is 0 Å². The van der Waals surface area contributed by atoms with Gasteiger partial charge in [-0.3, -0.25) is 9.88 Å². The zero-order valence-electron chi connectivity index (χ0n) is 13.9. The quantitative estimate of drug-likeness (QED) is 0.834. The van der Waals surface area contributed by atoms with Crippen LogP contribution in [0.25, 0.3) is 0 Å². The van der Waals surface area contributed by atoms with Crippen molar-refractivity contribution in [3.05, 3.63) is 46.2 Å². The average molecular weight is 345 g/mol. The molecule has 2 saturated heterocycles. The molecule has 24 heavy (non-hydrogen) atoms. The first kappa shape index (κ1) is 16.1. The van der Waals surface area contributed by atoms with Gasteiger partial charge < -0.3 is 9.47 Å². The summed E-state index contributed by atoms with van der Waals surface area (Å²) in [5.74, 6) is 0. The number of pyridine rings is 1. The van der Waals surface area contributed by atoms with Crippen molar-refractivity contribution in [2.45, 2.75) is 51.2 Å². The summed E-state index contributed by atoms with van der Waals surface area (Å²) in [6, 6.07) is 6.37. The van der Waals surface area contributed by atoms with Crippen LogP contribution in [0.2, 0.25) is 0 Å². The molecule has 0 N–H and O–H groups in total. The summed E-state index contributed by atoms with van der Waals surface area (Å²) in [7, 11) is 0. The van der Waals surface area contributed by atoms with Gasteiger partial charge in [0.05, 0.1) is 29.1 Å². The zero-order chi connectivity index (χ0) is 16.4. The van der Waals surface area contributed by atoms with Crippen LogP contribution in [0.5, 0.6) is 0 Å². The summed E-state index contributed by atoms with van der Waals surface area (Å²) in [6.07, 6.45) is 4.39. The van der Waals surface area contributed by atoms with Gasteiger partial charge in [0.15, 0.2) is 0 Å². The van der Waals surface area contributed by atoms with Gasteiger partial charge in [-0.25, -0.2) is 4.98 Å². The summed E-state index contributed by atoms with van der Waals surface area (Å²) in [4.78, 5) is 11.4. The Morgan fingerprint density at radius 2 is 2.33 bits per heavy atom. The predicted molar refractivity (Wildman–Crippen MR) is 92.8 cm³/mol. The number of rotatable bonds is 5. The zero-order valence-corrected chi connectivity index (χ0v) is 14.7. The van der Waals surface area contributed by atoms with Crippen molar-refractivity contribution in [3.8, 4) is 0 Å². The first-order chi connectivity index (χ1) is 11.8. The summed E-state index contributed by atoms with van der Waals surface area (Å²) < 4.78 is 12.3. The second kappa shape index (κ2) is 7.27. The molecule has 0 bridgehead atoms. The van der Waals surface area contributed by atoms with E-state index in [1.165, 1.54) is 6.42 Å². The molecule has 6 heteroatoms. The molecule has 2 aromatic heterocycles. The molecule has 5 nitrogen and oxygen atoms in total. The third-order valence-electron chi connectivity index (χ3n) is 4.79. The highest BCUT2D eigenvalue weighted by Crippen LogP contribution is 2.32. The standard InChI is InChI=1S/C18H23N3O2S/c1-13-20-15(12-24-13)9-21-10-17(18-16(21)6-4-8-22-18)23-11-14-5-2-3-7-19-14/h2-3,5,7,12,16-18H,4,6,8-11H2,1H3/t16-,17+,18+/m0/s1. The topological polar surface area (TPSA) is 47.5 Å². The number of aryl methyl sites for hydroxylation is 1. The van der Waals surface area contributed by atoms with E-state index >= 15 is 0 Å². The molecule has 0 unspecified atom stereocenters. The van der Waals surface area contributed by atoms with Gasteiger partial charge in [0, 0.05) is 37.3 Å². The van der Waals surface area contributed by atoms with Crippen LogP contribution >= 0.6 is 11.3 Å². The van der Waals surface area contributed by atoms with Gasteiger partial charge in [0.2, 0.25) is 0 Å². The van der Waals surface area contributed by atoms with Crippen LogP contribution in [0.4, 0.5) is 0 Å². The normalized spacial score (nSPS) is 27.3. The van der Waals surface area contributed by atoms with E-state index in [0.717, 1.165) is 42.5 Å². The van der Waals surface area contributed by atoms with Crippen LogP contribution in [0.1, 0.15) is 29.2 Å². The van der Waals surface area contributed by atoms with Crippen molar-refractivity contribution in [1.29, 1.82) is 0 Å². The van der Waals surface area contributed by atoms with Gasteiger partial charge in [-0.1, -0.05) is 6.07 Å². The van der Waals surface area contributed by atoms with E-state index in [4.69, 9.17) is 9.47 Å². The van der Waals surface area contributed by atoms with E-state index in [0.29, 0.717) is 12.6 Å². The highest BCUT2D eigenvalue weighted by atomic mass is 32.1. The molecule has 2 fully saturated rings. The summed E-state index contributed by atoms with van der Waals surface area (Å²) in [6.45, 7) is 5.23. The minimum Gasteiger partial charge on any atom is -0.374 e. The predicted octanol–water partition coefficient (Wildman–Crippen LogP) is 2.80. The average Bonchev–Trinajstić information content (AvgIpc) is 3.18. The fraction of sp³-hybridized carbons (Fsp3) is 0.556. The van der Waals surface area contributed by atoms with E-state index < -0.39 is 0 Å². The van der Waals surface area contributed by atoms with E-state index in [-0.39, 0.29) is 12.2 Å². The Kier molecular flexibility index (Phi) is 4.89. The maximum Gasteiger partial charge on any atom is 0.100 e. The van der Waals surface area contributed by atoms with Crippen LogP contribution in [0, 0.1) is 6.92 Å². The number of hydrogen-bond acceptors (Lipinski definition) is 6. The smallest absolute Gasteiger partial charge is 0.100 e. The molecule has 3 atom stereocenters. The third kappa shape index (κ3) is 3.52. The maximum absolute atomic E-state index is 6.18. The first-order valence-electron chi connectivity index (χ1n) is 8.58. The molecular formula is C18H23N3O2S. The molecule has 0 aromatic carbocycles. The highest BCUT2D eigenvalue weighted by molar-refractivity contribution is 7.09. The molecule has 2 aliphatic rings. The molecular weight excluding hydrogens is 322 g/mol. The fourth-order valence-electron chi connectivity index (χ4n) is 3.70. The van der Waals surface area contributed by atoms with E-state index in [9.17, 15) is 0 Å². The number of hydrogen-bond donors (Lipinski definition) is 0. The van der Waals surface area contributed by atoms with Crippen molar-refractivity contribution in [2.24, 2.45) is 0 Å². The van der Waals surface area contributed by atoms with Crippen molar-refractivity contribution < 1.29 is 9.47 Å². The van der Waals surface area contributed by atoms with Crippen molar-refractivity contribution in [2.75, 3.05) is 13.2 Å². The third-order valence-corrected chi connectivity index (χ3v) is 5.61. The molecule has 128 valence electrons. The Bertz CT molecular complexity index is 663. The molecule has 4 heterocycles. The summed E-state index contributed by atoms with van der Waals surface area (Å²) >= 11 is 1.72. The lowest BCUT2D eigenvalue weighted by Crippen LogP contribution is -2.41. The number of thiazole rings is 1. The van der Waals surface area contributed by atoms with E-state index in [1.807, 2.05) is 24.4 Å². The van der Waals surface area contributed by atoms with Gasteiger partial charge in [-0.05, 0) is 31.9 Å². The van der Waals surface area contributed by atoms with Crippen LogP contribution in [0.15, 0.2) is 29.8 Å². The lowest BCUT2D eigenvalue weighted by Gasteiger charge is -2.32. The largest absolute Gasteiger partial charge is 0.374 e. The minimum absolute atomic E-state index is 0.108. The molecule has 0 saturated carbocycles. The minimum atomic E-state index is 0.108. The fourth-order valence-corrected chi connectivity index (χ4v) is 4.30. The lowest BCUT2D eigenvalue weighted by molar-refractivity contribution is -0.0824. The van der Waals surface area contributed by atoms with Gasteiger partial charge in [0.1, 0.15) is 6.10 Å². The molecule has 0 radical (unpaired) electrons. The Morgan fingerprint density at radius 1 is 1.38 bits per heavy atom. The number of ether oxygens (including phenoxy) is 2. The Hall–Kier alpha value is -1.34. The SMILES string of the molecule is Cc1nc(CN2C[C@@H](OCc3ccccn3)[C@@H]3OCCC[C@@H]32)cs1. The number of nitrogens with zero attached hydrogens (tertiary/aromatic N) is 3. The molecule has 4 rings (SSSR count). The Morgan fingerprint density at radius 3 is 3.12 bits per heavy atom. The van der Waals surface area contributed by atoms with Crippen molar-refractivity contribution in [1.82, 2.24) is 14.9 Å². The summed E-state index contributed by atoms with van der Waals surface area (Å²) in [5.41, 5.74) is 2.13. The van der Waals surface area contributed by atoms with Crippen LogP contribution in [-0.2, 0) is 22.6 Å². The number of aromatic nitrogens is 2. The van der Waals surface area contributed by atoms with Crippen molar-refractivity contribution >= 4 is 11.3 Å². The monoisotopic (exact) mass is 345 g/mol. The van der Waals surface area contributed by atoms with Gasteiger partial charge >= 0.3 is 0 Å². The maximum atomic E-state index is 6.18. The number of fused-ring (bicyclic) bond motifs is 1. The Balaban J connectivity index is 1.42. The van der Waals surface area contributed by atoms with Gasteiger partial charge in [-0.15, -0.1) is 11.3 Å². The molecule has 2 aromatic rings.